The Balaban J connectivity index is 2.38. The van der Waals surface area contributed by atoms with Gasteiger partial charge in [-0.2, -0.15) is 18.2 Å². The highest BCUT2D eigenvalue weighted by molar-refractivity contribution is 5.69. The molecular formula is C14H10F3N3O3. The van der Waals surface area contributed by atoms with E-state index in [1.165, 1.54) is 24.3 Å². The highest BCUT2D eigenvalue weighted by Crippen LogP contribution is 2.27. The van der Waals surface area contributed by atoms with E-state index in [-0.39, 0.29) is 11.4 Å². The number of alkyl halides is 3. The average molecular weight is 325 g/mol. The van der Waals surface area contributed by atoms with Crippen LogP contribution in [0.4, 0.5) is 18.9 Å². The topological polar surface area (TPSA) is 88.9 Å². The molecule has 2 aromatic rings. The van der Waals surface area contributed by atoms with Crippen LogP contribution in [0.1, 0.15) is 22.5 Å². The third-order valence-corrected chi connectivity index (χ3v) is 2.95. The summed E-state index contributed by atoms with van der Waals surface area (Å²) in [5.41, 5.74) is -1.80. The molecule has 2 rings (SSSR count). The first-order chi connectivity index (χ1) is 10.7. The number of aromatic nitrogens is 2. The molecule has 0 fully saturated rings. The van der Waals surface area contributed by atoms with E-state index < -0.39 is 22.5 Å². The molecule has 120 valence electrons. The smallest absolute Gasteiger partial charge is 0.302 e. The summed E-state index contributed by atoms with van der Waals surface area (Å²) in [6.07, 6.45) is -2.18. The fraction of sp³-hybridized carbons (Fsp3) is 0.143. The molecule has 0 aliphatic rings. The third kappa shape index (κ3) is 4.02. The summed E-state index contributed by atoms with van der Waals surface area (Å²) in [5.74, 6) is 0. The zero-order chi connectivity index (χ0) is 17.2. The van der Waals surface area contributed by atoms with Gasteiger partial charge in [-0.1, -0.05) is 18.2 Å². The van der Waals surface area contributed by atoms with Gasteiger partial charge in [0, 0.05) is 11.6 Å². The minimum atomic E-state index is -4.70. The van der Waals surface area contributed by atoms with Crippen LogP contribution in [-0.2, 0) is 6.18 Å². The van der Waals surface area contributed by atoms with Gasteiger partial charge in [0.2, 0.25) is 0 Å². The fourth-order valence-electron chi connectivity index (χ4n) is 1.82. The lowest BCUT2D eigenvalue weighted by Gasteiger charge is -2.05. The van der Waals surface area contributed by atoms with Crippen molar-refractivity contribution < 1.29 is 18.1 Å². The van der Waals surface area contributed by atoms with Gasteiger partial charge in [0.15, 0.2) is 0 Å². The number of H-pyrrole nitrogens is 1. The summed E-state index contributed by atoms with van der Waals surface area (Å²) < 4.78 is 37.8. The normalized spacial score (nSPS) is 11.8. The Kier molecular flexibility index (Phi) is 4.30. The number of aromatic amines is 1. The first-order valence-corrected chi connectivity index (χ1v) is 6.28. The van der Waals surface area contributed by atoms with Crippen LogP contribution in [0, 0.1) is 17.0 Å². The molecule has 0 radical (unpaired) electrons. The molecule has 6 nitrogen and oxygen atoms in total. The van der Waals surface area contributed by atoms with Gasteiger partial charge in [-0.15, -0.1) is 0 Å². The standard InChI is InChI=1S/C14H10F3N3O3/c1-8-2-3-9(6-11(8)20(22)23)4-5-10-7-12(14(15,16)17)19-13(21)18-10/h2-7H,1H3,(H,18,19,21)/b5-4+. The van der Waals surface area contributed by atoms with Crippen LogP contribution < -0.4 is 5.69 Å². The summed E-state index contributed by atoms with van der Waals surface area (Å²) in [5, 5.41) is 10.8. The van der Waals surface area contributed by atoms with Crippen LogP contribution in [0.25, 0.3) is 12.2 Å². The van der Waals surface area contributed by atoms with Crippen molar-refractivity contribution in [2.24, 2.45) is 0 Å². The number of rotatable bonds is 3. The van der Waals surface area contributed by atoms with Gasteiger partial charge in [-0.05, 0) is 24.6 Å². The van der Waals surface area contributed by atoms with Crippen molar-refractivity contribution in [1.82, 2.24) is 9.97 Å². The van der Waals surface area contributed by atoms with Gasteiger partial charge in [0.05, 0.1) is 10.6 Å². The van der Waals surface area contributed by atoms with Crippen LogP contribution in [-0.4, -0.2) is 14.9 Å². The SMILES string of the molecule is Cc1ccc(/C=C/c2cc(C(F)(F)F)[nH]c(=O)n2)cc1[N+](=O)[O-]. The maximum Gasteiger partial charge on any atom is 0.431 e. The Morgan fingerprint density at radius 2 is 1.96 bits per heavy atom. The first kappa shape index (κ1) is 16.4. The number of nitro groups is 1. The Morgan fingerprint density at radius 1 is 1.26 bits per heavy atom. The molecule has 0 aliphatic carbocycles. The Labute approximate surface area is 127 Å². The van der Waals surface area contributed by atoms with Crippen LogP contribution in [0.15, 0.2) is 29.1 Å². The summed E-state index contributed by atoms with van der Waals surface area (Å²) in [7, 11) is 0. The molecule has 1 aromatic heterocycles. The number of nitrogens with one attached hydrogen (secondary N) is 1. The molecule has 0 bridgehead atoms. The van der Waals surface area contributed by atoms with Gasteiger partial charge >= 0.3 is 11.9 Å². The minimum absolute atomic E-state index is 0.109. The maximum absolute atomic E-state index is 12.6. The highest BCUT2D eigenvalue weighted by atomic mass is 19.4. The molecule has 0 atom stereocenters. The molecule has 0 spiro atoms. The molecule has 0 saturated carbocycles. The zero-order valence-electron chi connectivity index (χ0n) is 11.7. The molecule has 0 amide bonds. The molecule has 0 aliphatic heterocycles. The van der Waals surface area contributed by atoms with Crippen LogP contribution in [0.2, 0.25) is 0 Å². The zero-order valence-corrected chi connectivity index (χ0v) is 11.7. The average Bonchev–Trinajstić information content (AvgIpc) is 2.44. The second-order valence-corrected chi connectivity index (χ2v) is 4.66. The van der Waals surface area contributed by atoms with E-state index in [1.807, 2.05) is 0 Å². The number of benzene rings is 1. The minimum Gasteiger partial charge on any atom is -0.302 e. The molecular weight excluding hydrogens is 315 g/mol. The Morgan fingerprint density at radius 3 is 2.57 bits per heavy atom. The van der Waals surface area contributed by atoms with E-state index in [0.717, 1.165) is 0 Å². The number of halogens is 3. The fourth-order valence-corrected chi connectivity index (χ4v) is 1.82. The Hall–Kier alpha value is -2.97. The van der Waals surface area contributed by atoms with Crippen molar-refractivity contribution in [3.63, 3.8) is 0 Å². The summed E-state index contributed by atoms with van der Waals surface area (Å²) in [6.45, 7) is 1.57. The molecule has 9 heteroatoms. The monoisotopic (exact) mass is 325 g/mol. The van der Waals surface area contributed by atoms with E-state index >= 15 is 0 Å². The van der Waals surface area contributed by atoms with Crippen molar-refractivity contribution in [3.8, 4) is 0 Å². The van der Waals surface area contributed by atoms with Crippen LogP contribution in [0.3, 0.4) is 0 Å². The van der Waals surface area contributed by atoms with Crippen molar-refractivity contribution in [2.75, 3.05) is 0 Å². The third-order valence-electron chi connectivity index (χ3n) is 2.95. The van der Waals surface area contributed by atoms with Crippen LogP contribution >= 0.6 is 0 Å². The quantitative estimate of drug-likeness (QED) is 0.693. The summed E-state index contributed by atoms with van der Waals surface area (Å²) >= 11 is 0. The van der Waals surface area contributed by atoms with Gasteiger partial charge in [0.1, 0.15) is 5.69 Å². The van der Waals surface area contributed by atoms with Gasteiger partial charge in [0.25, 0.3) is 5.69 Å². The second-order valence-electron chi connectivity index (χ2n) is 4.66. The molecule has 1 N–H and O–H groups in total. The number of hydrogen-bond acceptors (Lipinski definition) is 4. The number of nitro benzene ring substituents is 1. The van der Waals surface area contributed by atoms with Gasteiger partial charge in [-0.3, -0.25) is 10.1 Å². The van der Waals surface area contributed by atoms with Crippen molar-refractivity contribution in [1.29, 1.82) is 0 Å². The van der Waals surface area contributed by atoms with Gasteiger partial charge < -0.3 is 4.98 Å². The molecule has 23 heavy (non-hydrogen) atoms. The summed E-state index contributed by atoms with van der Waals surface area (Å²) in [6, 6.07) is 5.05. The molecule has 1 aromatic carbocycles. The molecule has 1 heterocycles. The number of aryl methyl sites for hydroxylation is 1. The van der Waals surface area contributed by atoms with E-state index in [0.29, 0.717) is 17.2 Å². The molecule has 0 unspecified atom stereocenters. The molecule has 0 saturated heterocycles. The largest absolute Gasteiger partial charge is 0.431 e. The predicted octanol–water partition coefficient (Wildman–Crippen LogP) is 3.18. The lowest BCUT2D eigenvalue weighted by Crippen LogP contribution is -2.19. The van der Waals surface area contributed by atoms with Crippen molar-refractivity contribution in [2.45, 2.75) is 13.1 Å². The van der Waals surface area contributed by atoms with Crippen molar-refractivity contribution in [3.05, 3.63) is 67.4 Å². The van der Waals surface area contributed by atoms with Crippen molar-refractivity contribution >= 4 is 17.8 Å². The highest BCUT2D eigenvalue weighted by Gasteiger charge is 2.32. The first-order valence-electron chi connectivity index (χ1n) is 6.28. The predicted molar refractivity (Wildman–Crippen MR) is 76.6 cm³/mol. The lowest BCUT2D eigenvalue weighted by atomic mass is 10.1. The Bertz CT molecular complexity index is 841. The summed E-state index contributed by atoms with van der Waals surface area (Å²) in [4.78, 5) is 26.5. The number of hydrogen-bond donors (Lipinski definition) is 1. The van der Waals surface area contributed by atoms with E-state index in [2.05, 4.69) is 4.98 Å². The lowest BCUT2D eigenvalue weighted by molar-refractivity contribution is -0.385. The van der Waals surface area contributed by atoms with Crippen LogP contribution in [0.5, 0.6) is 0 Å². The number of nitrogens with zero attached hydrogens (tertiary/aromatic N) is 2. The van der Waals surface area contributed by atoms with E-state index in [4.69, 9.17) is 0 Å². The second kappa shape index (κ2) is 6.03. The van der Waals surface area contributed by atoms with E-state index in [9.17, 15) is 28.1 Å². The van der Waals surface area contributed by atoms with E-state index in [1.54, 1.807) is 18.0 Å². The maximum atomic E-state index is 12.6. The van der Waals surface area contributed by atoms with Gasteiger partial charge in [-0.25, -0.2) is 4.79 Å².